The van der Waals surface area contributed by atoms with Crippen molar-refractivity contribution in [2.75, 3.05) is 0 Å². The van der Waals surface area contributed by atoms with E-state index < -0.39 is 27.4 Å². The van der Waals surface area contributed by atoms with Gasteiger partial charge < -0.3 is 14.9 Å². The van der Waals surface area contributed by atoms with Gasteiger partial charge in [-0.3, -0.25) is 4.79 Å². The van der Waals surface area contributed by atoms with Crippen LogP contribution in [0.15, 0.2) is 66.0 Å². The molecule has 7 atom stereocenters. The molecule has 0 heterocycles. The van der Waals surface area contributed by atoms with E-state index in [1.807, 2.05) is 43.3 Å². The van der Waals surface area contributed by atoms with E-state index in [0.717, 1.165) is 24.8 Å². The standard InChI is InChI=1S/C28H33ClO4/c1-17-15-25(3)19(14-23(17)30)10-11-22-21-12-13-27(32,18(2)33-20-8-6-5-7-9-20)26(21,4)16-24(31)28(22,25)29/h5-9,14-15,21-22,24,31-32H,2,10-13,16H2,1,3-4H3/t21-,22-,24-,25-,26-,27-,28-/m0/s1. The Labute approximate surface area is 201 Å². The minimum absolute atomic E-state index is 0.00845. The number of fused-ring (bicyclic) bond motifs is 5. The lowest BCUT2D eigenvalue weighted by atomic mass is 9.45. The zero-order valence-corrected chi connectivity index (χ0v) is 20.4. The molecule has 4 aliphatic carbocycles. The van der Waals surface area contributed by atoms with Gasteiger partial charge in [-0.25, -0.2) is 0 Å². The molecule has 0 amide bonds. The van der Waals surface area contributed by atoms with Gasteiger partial charge in [-0.2, -0.15) is 0 Å². The zero-order valence-electron chi connectivity index (χ0n) is 19.6. The number of carbonyl (C=O) groups is 1. The van der Waals surface area contributed by atoms with E-state index in [0.29, 0.717) is 29.9 Å². The Hall–Kier alpha value is -1.88. The molecule has 0 aromatic heterocycles. The molecule has 1 aromatic carbocycles. The summed E-state index contributed by atoms with van der Waals surface area (Å²) in [7, 11) is 0. The van der Waals surface area contributed by atoms with Gasteiger partial charge in [-0.05, 0) is 74.6 Å². The van der Waals surface area contributed by atoms with Crippen molar-refractivity contribution in [3.05, 3.63) is 66.0 Å². The molecule has 5 heteroatoms. The van der Waals surface area contributed by atoms with Gasteiger partial charge in [0.1, 0.15) is 17.1 Å². The molecule has 0 radical (unpaired) electrons. The van der Waals surface area contributed by atoms with Crippen molar-refractivity contribution in [1.82, 2.24) is 0 Å². The van der Waals surface area contributed by atoms with E-state index >= 15 is 0 Å². The van der Waals surface area contributed by atoms with Crippen molar-refractivity contribution in [3.8, 4) is 5.75 Å². The first-order valence-corrected chi connectivity index (χ1v) is 12.3. The molecule has 4 aliphatic rings. The quantitative estimate of drug-likeness (QED) is 0.464. The number of ketones is 1. The molecule has 3 fully saturated rings. The first kappa shape index (κ1) is 22.9. The molecule has 0 spiro atoms. The topological polar surface area (TPSA) is 66.8 Å². The van der Waals surface area contributed by atoms with Gasteiger partial charge in [0.05, 0.1) is 11.0 Å². The minimum atomic E-state index is -1.27. The number of hydrogen-bond donors (Lipinski definition) is 2. The summed E-state index contributed by atoms with van der Waals surface area (Å²) in [5.74, 6) is 1.09. The van der Waals surface area contributed by atoms with Crippen molar-refractivity contribution in [3.63, 3.8) is 0 Å². The number of aliphatic hydroxyl groups excluding tert-OH is 1. The number of allylic oxidation sites excluding steroid dienone is 4. The highest BCUT2D eigenvalue weighted by atomic mass is 35.5. The molecular weight excluding hydrogens is 436 g/mol. The van der Waals surface area contributed by atoms with Crippen LogP contribution in [0.25, 0.3) is 0 Å². The summed E-state index contributed by atoms with van der Waals surface area (Å²) in [4.78, 5) is 11.4. The number of benzene rings is 1. The Kier molecular flexibility index (Phi) is 5.07. The number of hydrogen-bond acceptors (Lipinski definition) is 4. The van der Waals surface area contributed by atoms with E-state index in [1.54, 1.807) is 6.08 Å². The molecule has 0 bridgehead atoms. The molecule has 5 rings (SSSR count). The number of halogens is 1. The maximum atomic E-state index is 12.4. The van der Waals surface area contributed by atoms with Crippen LogP contribution in [-0.4, -0.2) is 32.6 Å². The Morgan fingerprint density at radius 2 is 1.88 bits per heavy atom. The van der Waals surface area contributed by atoms with Crippen molar-refractivity contribution in [2.24, 2.45) is 22.7 Å². The van der Waals surface area contributed by atoms with Gasteiger partial charge in [0.15, 0.2) is 5.78 Å². The molecule has 33 heavy (non-hydrogen) atoms. The molecule has 0 unspecified atom stereocenters. The fraction of sp³-hybridized carbons (Fsp3) is 0.536. The van der Waals surface area contributed by atoms with E-state index in [2.05, 4.69) is 20.4 Å². The molecule has 4 nitrogen and oxygen atoms in total. The lowest BCUT2D eigenvalue weighted by Crippen LogP contribution is -2.68. The average molecular weight is 469 g/mol. The van der Waals surface area contributed by atoms with Gasteiger partial charge in [0, 0.05) is 10.8 Å². The van der Waals surface area contributed by atoms with Crippen molar-refractivity contribution >= 4 is 17.4 Å². The monoisotopic (exact) mass is 468 g/mol. The van der Waals surface area contributed by atoms with Crippen molar-refractivity contribution < 1.29 is 19.7 Å². The Morgan fingerprint density at radius 3 is 2.58 bits per heavy atom. The van der Waals surface area contributed by atoms with Crippen molar-refractivity contribution in [1.29, 1.82) is 0 Å². The van der Waals surface area contributed by atoms with Crippen molar-refractivity contribution in [2.45, 2.75) is 69.5 Å². The normalized spacial score (nSPS) is 44.2. The number of rotatable bonds is 3. The maximum Gasteiger partial charge on any atom is 0.181 e. The Balaban J connectivity index is 1.52. The highest BCUT2D eigenvalue weighted by Gasteiger charge is 2.72. The average Bonchev–Trinajstić information content (AvgIpc) is 3.03. The lowest BCUT2D eigenvalue weighted by molar-refractivity contribution is -0.148. The predicted octanol–water partition coefficient (Wildman–Crippen LogP) is 5.34. The number of aliphatic hydroxyl groups is 2. The first-order valence-electron chi connectivity index (χ1n) is 11.9. The van der Waals surface area contributed by atoms with Gasteiger partial charge in [-0.15, -0.1) is 11.6 Å². The van der Waals surface area contributed by atoms with E-state index in [1.165, 1.54) is 0 Å². The van der Waals surface area contributed by atoms with E-state index in [4.69, 9.17) is 16.3 Å². The summed E-state index contributed by atoms with van der Waals surface area (Å²) in [5, 5.41) is 23.7. The second-order valence-electron chi connectivity index (χ2n) is 11.0. The van der Waals surface area contributed by atoms with Gasteiger partial charge in [0.25, 0.3) is 0 Å². The molecule has 176 valence electrons. The second-order valence-corrected chi connectivity index (χ2v) is 11.6. The SMILES string of the molecule is C=C(Oc1ccccc1)[C@@]1(O)CC[C@H]2[C@@H]3CCC4=CC(=O)C(C)=C[C@]4(C)[C@@]3(Cl)[C@@H](O)C[C@@]21C. The van der Waals surface area contributed by atoms with Crippen LogP contribution in [0, 0.1) is 22.7 Å². The van der Waals surface area contributed by atoms with Crippen LogP contribution in [0.1, 0.15) is 52.9 Å². The maximum absolute atomic E-state index is 12.4. The lowest BCUT2D eigenvalue weighted by Gasteiger charge is -2.64. The predicted molar refractivity (Wildman–Crippen MR) is 129 cm³/mol. The minimum Gasteiger partial charge on any atom is -0.459 e. The van der Waals surface area contributed by atoms with Gasteiger partial charge in [-0.1, -0.05) is 50.3 Å². The van der Waals surface area contributed by atoms with Gasteiger partial charge in [0.2, 0.25) is 0 Å². The second kappa shape index (κ2) is 7.31. The molecular formula is C28H33ClO4. The van der Waals surface area contributed by atoms with Crippen LogP contribution < -0.4 is 4.74 Å². The van der Waals surface area contributed by atoms with Crippen LogP contribution in [0.5, 0.6) is 5.75 Å². The Morgan fingerprint density at radius 1 is 1.18 bits per heavy atom. The number of ether oxygens (including phenoxy) is 1. The summed E-state index contributed by atoms with van der Waals surface area (Å²) < 4.78 is 6.03. The van der Waals surface area contributed by atoms with Crippen LogP contribution in [0.2, 0.25) is 0 Å². The third kappa shape index (κ3) is 2.87. The fourth-order valence-corrected chi connectivity index (χ4v) is 8.18. The van der Waals surface area contributed by atoms with Gasteiger partial charge >= 0.3 is 0 Å². The highest BCUT2D eigenvalue weighted by Crippen LogP contribution is 2.71. The third-order valence-electron chi connectivity index (χ3n) is 9.54. The molecule has 3 saturated carbocycles. The van der Waals surface area contributed by atoms with Crippen LogP contribution in [0.3, 0.4) is 0 Å². The summed E-state index contributed by atoms with van der Waals surface area (Å²) in [6, 6.07) is 9.37. The van der Waals surface area contributed by atoms with Crippen LogP contribution in [-0.2, 0) is 4.79 Å². The number of carbonyl (C=O) groups excluding carboxylic acids is 1. The van der Waals surface area contributed by atoms with Crippen LogP contribution >= 0.6 is 11.6 Å². The van der Waals surface area contributed by atoms with Crippen LogP contribution in [0.4, 0.5) is 0 Å². The molecule has 0 saturated heterocycles. The van der Waals surface area contributed by atoms with E-state index in [-0.39, 0.29) is 17.6 Å². The first-order chi connectivity index (χ1) is 15.5. The number of alkyl halides is 1. The zero-order chi connectivity index (χ0) is 23.8. The summed E-state index contributed by atoms with van der Waals surface area (Å²) in [5.41, 5.74) is -0.804. The largest absolute Gasteiger partial charge is 0.459 e. The summed E-state index contributed by atoms with van der Waals surface area (Å²) >= 11 is 7.50. The third-order valence-corrected chi connectivity index (χ3v) is 10.5. The fourth-order valence-electron chi connectivity index (χ4n) is 7.66. The number of para-hydroxylation sites is 1. The molecule has 0 aliphatic heterocycles. The van der Waals surface area contributed by atoms with E-state index in [9.17, 15) is 15.0 Å². The molecule has 2 N–H and O–H groups in total. The molecule has 1 aromatic rings. The Bertz CT molecular complexity index is 1080. The smallest absolute Gasteiger partial charge is 0.181 e. The summed E-state index contributed by atoms with van der Waals surface area (Å²) in [6.45, 7) is 10.1. The summed E-state index contributed by atoms with van der Waals surface area (Å²) in [6.07, 6.45) is 6.05. The highest BCUT2D eigenvalue weighted by molar-refractivity contribution is 6.26.